The highest BCUT2D eigenvalue weighted by Crippen LogP contribution is 2.39. The van der Waals surface area contributed by atoms with Crippen LogP contribution in [0, 0.1) is 5.92 Å². The van der Waals surface area contributed by atoms with E-state index in [2.05, 4.69) is 36.0 Å². The molecule has 1 aromatic rings. The molecule has 0 radical (unpaired) electrons. The van der Waals surface area contributed by atoms with Crippen LogP contribution in [0.15, 0.2) is 10.7 Å². The lowest BCUT2D eigenvalue weighted by molar-refractivity contribution is 0.0925. The van der Waals surface area contributed by atoms with Crippen LogP contribution in [0.25, 0.3) is 0 Å². The van der Waals surface area contributed by atoms with Gasteiger partial charge < -0.3 is 9.73 Å². The van der Waals surface area contributed by atoms with E-state index in [0.29, 0.717) is 23.6 Å². The molecular weight excluding hydrogens is 254 g/mol. The van der Waals surface area contributed by atoms with Crippen LogP contribution in [-0.4, -0.2) is 41.0 Å². The van der Waals surface area contributed by atoms with E-state index in [4.69, 9.17) is 4.42 Å². The van der Waals surface area contributed by atoms with Crippen LogP contribution in [0.3, 0.4) is 0 Å². The average Bonchev–Trinajstić information content (AvgIpc) is 3.01. The summed E-state index contributed by atoms with van der Waals surface area (Å²) in [4.78, 5) is 18.9. The van der Waals surface area contributed by atoms with Crippen molar-refractivity contribution in [3.63, 3.8) is 0 Å². The summed E-state index contributed by atoms with van der Waals surface area (Å²) in [7, 11) is 0. The maximum Gasteiger partial charge on any atom is 0.273 e. The fourth-order valence-electron chi connectivity index (χ4n) is 2.77. The number of rotatable bonds is 4. The molecule has 1 amide bonds. The van der Waals surface area contributed by atoms with Gasteiger partial charge in [-0.1, -0.05) is 6.92 Å². The predicted molar refractivity (Wildman–Crippen MR) is 75.6 cm³/mol. The second kappa shape index (κ2) is 5.20. The number of likely N-dealkylation sites (tertiary alicyclic amines) is 1. The van der Waals surface area contributed by atoms with Gasteiger partial charge in [-0.05, 0) is 32.6 Å². The van der Waals surface area contributed by atoms with Crippen molar-refractivity contribution >= 4 is 5.91 Å². The van der Waals surface area contributed by atoms with E-state index in [1.54, 1.807) is 0 Å². The zero-order chi connectivity index (χ0) is 14.3. The summed E-state index contributed by atoms with van der Waals surface area (Å²) in [5, 5.41) is 3.10. The van der Waals surface area contributed by atoms with Crippen LogP contribution in [0.5, 0.6) is 0 Å². The average molecular weight is 277 g/mol. The molecule has 0 spiro atoms. The fraction of sp³-hybridized carbons (Fsp3) is 0.733. The monoisotopic (exact) mass is 277 g/mol. The number of carbonyl (C=O) groups is 1. The Kier molecular flexibility index (Phi) is 3.54. The maximum absolute atomic E-state index is 12.2. The minimum atomic E-state index is -0.108. The molecule has 2 heterocycles. The highest BCUT2D eigenvalue weighted by atomic mass is 16.3. The zero-order valence-corrected chi connectivity index (χ0v) is 12.4. The van der Waals surface area contributed by atoms with Crippen molar-refractivity contribution in [3.8, 4) is 0 Å². The van der Waals surface area contributed by atoms with Crippen molar-refractivity contribution in [2.75, 3.05) is 13.1 Å². The molecule has 5 heteroatoms. The smallest absolute Gasteiger partial charge is 0.273 e. The van der Waals surface area contributed by atoms with Crippen LogP contribution in [0.4, 0.5) is 0 Å². The molecule has 5 nitrogen and oxygen atoms in total. The third kappa shape index (κ3) is 2.73. The summed E-state index contributed by atoms with van der Waals surface area (Å²) < 4.78 is 5.38. The molecule has 0 unspecified atom stereocenters. The summed E-state index contributed by atoms with van der Waals surface area (Å²) in [5.74, 6) is 1.52. The minimum Gasteiger partial charge on any atom is -0.448 e. The van der Waals surface area contributed by atoms with Crippen molar-refractivity contribution in [1.82, 2.24) is 15.2 Å². The van der Waals surface area contributed by atoms with Crippen LogP contribution in [0.1, 0.15) is 55.9 Å². The summed E-state index contributed by atoms with van der Waals surface area (Å²) in [5.41, 5.74) is 0.419. The van der Waals surface area contributed by atoms with Crippen molar-refractivity contribution in [2.24, 2.45) is 5.92 Å². The Hall–Kier alpha value is -1.36. The highest BCUT2D eigenvalue weighted by Gasteiger charge is 2.33. The summed E-state index contributed by atoms with van der Waals surface area (Å²) >= 11 is 0. The van der Waals surface area contributed by atoms with Gasteiger partial charge in [0.2, 0.25) is 0 Å². The molecule has 2 aliphatic rings. The van der Waals surface area contributed by atoms with Gasteiger partial charge in [-0.2, -0.15) is 0 Å². The molecule has 2 atom stereocenters. The first kappa shape index (κ1) is 13.6. The molecule has 1 saturated heterocycles. The van der Waals surface area contributed by atoms with E-state index >= 15 is 0 Å². The van der Waals surface area contributed by atoms with E-state index in [1.165, 1.54) is 6.26 Å². The fourth-order valence-corrected chi connectivity index (χ4v) is 2.77. The van der Waals surface area contributed by atoms with Crippen LogP contribution in [-0.2, 0) is 0 Å². The Labute approximate surface area is 119 Å². The summed E-state index contributed by atoms with van der Waals surface area (Å²) in [6, 6.07) is 0.721. The normalized spacial score (nSPS) is 27.2. The maximum atomic E-state index is 12.2. The number of amides is 1. The second-order valence-corrected chi connectivity index (χ2v) is 6.45. The van der Waals surface area contributed by atoms with Crippen molar-refractivity contribution in [3.05, 3.63) is 17.8 Å². The number of carbonyl (C=O) groups excluding carboxylic acids is 1. The Bertz CT molecular complexity index is 493. The molecule has 1 N–H and O–H groups in total. The first-order chi connectivity index (χ1) is 9.54. The molecule has 2 fully saturated rings. The van der Waals surface area contributed by atoms with Gasteiger partial charge in [0.05, 0.1) is 0 Å². The topological polar surface area (TPSA) is 58.4 Å². The van der Waals surface area contributed by atoms with E-state index < -0.39 is 0 Å². The molecule has 1 aliphatic heterocycles. The highest BCUT2D eigenvalue weighted by molar-refractivity contribution is 5.92. The van der Waals surface area contributed by atoms with Crippen LogP contribution < -0.4 is 5.32 Å². The van der Waals surface area contributed by atoms with E-state index in [-0.39, 0.29) is 11.9 Å². The van der Waals surface area contributed by atoms with Gasteiger partial charge in [0.1, 0.15) is 6.26 Å². The van der Waals surface area contributed by atoms with Crippen molar-refractivity contribution in [2.45, 2.75) is 51.6 Å². The molecule has 3 rings (SSSR count). The number of hydrogen-bond acceptors (Lipinski definition) is 4. The minimum absolute atomic E-state index is 0.108. The van der Waals surface area contributed by atoms with Gasteiger partial charge in [0.15, 0.2) is 11.6 Å². The lowest BCUT2D eigenvalue weighted by Gasteiger charge is -2.20. The standard InChI is InChI=1S/C15H23N3O2/c1-9(2)18-6-10(3)12(7-18)16-14(19)13-8-20-15(17-13)11-4-5-11/h8-12H,4-7H2,1-3H3,(H,16,19)/t10-,12-/m1/s1. The first-order valence-electron chi connectivity index (χ1n) is 7.55. The number of nitrogens with one attached hydrogen (secondary N) is 1. The Morgan fingerprint density at radius 2 is 2.20 bits per heavy atom. The van der Waals surface area contributed by atoms with Crippen LogP contribution in [0.2, 0.25) is 0 Å². The molecule has 0 aromatic carbocycles. The third-order valence-electron chi connectivity index (χ3n) is 4.37. The van der Waals surface area contributed by atoms with Gasteiger partial charge >= 0.3 is 0 Å². The number of nitrogens with zero attached hydrogens (tertiary/aromatic N) is 2. The zero-order valence-electron chi connectivity index (χ0n) is 12.4. The molecule has 1 aromatic heterocycles. The molecule has 110 valence electrons. The van der Waals surface area contributed by atoms with Crippen LogP contribution >= 0.6 is 0 Å². The van der Waals surface area contributed by atoms with Gasteiger partial charge in [0, 0.05) is 31.1 Å². The third-order valence-corrected chi connectivity index (χ3v) is 4.37. The van der Waals surface area contributed by atoms with E-state index in [1.807, 2.05) is 0 Å². The second-order valence-electron chi connectivity index (χ2n) is 6.45. The van der Waals surface area contributed by atoms with Crippen molar-refractivity contribution in [1.29, 1.82) is 0 Å². The number of aromatic nitrogens is 1. The van der Waals surface area contributed by atoms with Gasteiger partial charge in [0.25, 0.3) is 5.91 Å². The quantitative estimate of drug-likeness (QED) is 0.914. The largest absolute Gasteiger partial charge is 0.448 e. The molecule has 20 heavy (non-hydrogen) atoms. The Morgan fingerprint density at radius 1 is 1.45 bits per heavy atom. The van der Waals surface area contributed by atoms with Gasteiger partial charge in [-0.3, -0.25) is 9.69 Å². The van der Waals surface area contributed by atoms with E-state index in [9.17, 15) is 4.79 Å². The molecular formula is C15H23N3O2. The summed E-state index contributed by atoms with van der Waals surface area (Å²) in [6.45, 7) is 8.52. The first-order valence-corrected chi connectivity index (χ1v) is 7.55. The molecule has 0 bridgehead atoms. The lowest BCUT2D eigenvalue weighted by Crippen LogP contribution is -2.40. The SMILES string of the molecule is CC(C)N1C[C@@H](C)[C@H](NC(=O)c2coc(C3CC3)n2)C1. The number of oxazole rings is 1. The lowest BCUT2D eigenvalue weighted by atomic mass is 10.1. The molecule has 1 aliphatic carbocycles. The number of hydrogen-bond donors (Lipinski definition) is 1. The Morgan fingerprint density at radius 3 is 2.80 bits per heavy atom. The van der Waals surface area contributed by atoms with Crippen molar-refractivity contribution < 1.29 is 9.21 Å². The summed E-state index contributed by atoms with van der Waals surface area (Å²) in [6.07, 6.45) is 3.75. The predicted octanol–water partition coefficient (Wildman–Crippen LogP) is 2.01. The molecule has 1 saturated carbocycles. The van der Waals surface area contributed by atoms with Gasteiger partial charge in [-0.25, -0.2) is 4.98 Å². The Balaban J connectivity index is 1.60. The van der Waals surface area contributed by atoms with Gasteiger partial charge in [-0.15, -0.1) is 0 Å². The van der Waals surface area contributed by atoms with E-state index in [0.717, 1.165) is 31.8 Å².